The van der Waals surface area contributed by atoms with Crippen LogP contribution in [0.1, 0.15) is 19.8 Å². The summed E-state index contributed by atoms with van der Waals surface area (Å²) >= 11 is 0. The van der Waals surface area contributed by atoms with Crippen molar-refractivity contribution >= 4 is 7.85 Å². The van der Waals surface area contributed by atoms with Crippen LogP contribution >= 0.6 is 0 Å². The first-order valence-corrected chi connectivity index (χ1v) is 4.09. The minimum absolute atomic E-state index is 0.283. The Morgan fingerprint density at radius 3 is 1.55 bits per heavy atom. The van der Waals surface area contributed by atoms with E-state index in [2.05, 4.69) is 16.7 Å². The fourth-order valence-electron chi connectivity index (χ4n) is 1.22. The van der Waals surface area contributed by atoms with Gasteiger partial charge in [-0.3, -0.25) is 9.80 Å². The first kappa shape index (κ1) is 11.0. The molecule has 0 unspecified atom stereocenters. The second kappa shape index (κ2) is 4.12. The van der Waals surface area contributed by atoms with Crippen molar-refractivity contribution in [2.75, 3.05) is 28.2 Å². The molecular formula is C8H19BN2. The van der Waals surface area contributed by atoms with Crippen molar-refractivity contribution < 1.29 is 0 Å². The molecule has 0 rings (SSSR count). The predicted molar refractivity (Wildman–Crippen MR) is 50.8 cm³/mol. The quantitative estimate of drug-likeness (QED) is 0.435. The molecule has 0 atom stereocenters. The summed E-state index contributed by atoms with van der Waals surface area (Å²) in [7, 11) is 14.2. The summed E-state index contributed by atoms with van der Waals surface area (Å²) in [4.78, 5) is 4.10. The highest BCUT2D eigenvalue weighted by molar-refractivity contribution is 6.14. The van der Waals surface area contributed by atoms with Gasteiger partial charge < -0.3 is 0 Å². The van der Waals surface area contributed by atoms with Crippen LogP contribution in [-0.4, -0.2) is 51.4 Å². The Kier molecular flexibility index (Phi) is 4.12. The lowest BCUT2D eigenvalue weighted by molar-refractivity contribution is 0.0752. The number of rotatable bonds is 4. The van der Waals surface area contributed by atoms with E-state index in [1.165, 1.54) is 0 Å². The van der Waals surface area contributed by atoms with Crippen molar-refractivity contribution in [2.45, 2.75) is 25.3 Å². The molecular weight excluding hydrogens is 135 g/mol. The zero-order chi connectivity index (χ0) is 9.07. The van der Waals surface area contributed by atoms with Crippen LogP contribution in [0.3, 0.4) is 0 Å². The minimum Gasteiger partial charge on any atom is -0.300 e. The van der Waals surface area contributed by atoms with E-state index < -0.39 is 0 Å². The summed E-state index contributed by atoms with van der Waals surface area (Å²) in [6, 6.07) is 0. The monoisotopic (exact) mass is 154 g/mol. The van der Waals surface area contributed by atoms with Gasteiger partial charge in [-0.05, 0) is 34.6 Å². The van der Waals surface area contributed by atoms with Gasteiger partial charge in [0.1, 0.15) is 7.85 Å². The van der Waals surface area contributed by atoms with Gasteiger partial charge in [-0.1, -0.05) is 13.3 Å². The Labute approximate surface area is 72.0 Å². The van der Waals surface area contributed by atoms with E-state index in [4.69, 9.17) is 7.85 Å². The smallest absolute Gasteiger partial charge is 0.118 e. The third-order valence-electron chi connectivity index (χ3n) is 2.17. The standard InChI is InChI=1S/C8H19BN2/c1-6-7-8(9,10(2)3)11(4)5/h6-7H2,1-5H3. The maximum atomic E-state index is 6.15. The van der Waals surface area contributed by atoms with E-state index in [0.717, 1.165) is 12.8 Å². The molecule has 0 saturated heterocycles. The van der Waals surface area contributed by atoms with E-state index in [9.17, 15) is 0 Å². The summed E-state index contributed by atoms with van der Waals surface area (Å²) in [6.45, 7) is 2.15. The van der Waals surface area contributed by atoms with Gasteiger partial charge in [-0.15, -0.1) is 0 Å². The van der Waals surface area contributed by atoms with Crippen LogP contribution < -0.4 is 0 Å². The topological polar surface area (TPSA) is 6.48 Å². The predicted octanol–water partition coefficient (Wildman–Crippen LogP) is 0.732. The molecule has 3 heteroatoms. The third-order valence-corrected chi connectivity index (χ3v) is 2.17. The molecule has 0 aliphatic carbocycles. The number of hydrogen-bond acceptors (Lipinski definition) is 2. The normalized spacial score (nSPS) is 13.0. The minimum atomic E-state index is -0.283. The lowest BCUT2D eigenvalue weighted by Crippen LogP contribution is -2.55. The second-order valence-electron chi connectivity index (χ2n) is 3.42. The van der Waals surface area contributed by atoms with Crippen LogP contribution in [0.5, 0.6) is 0 Å². The van der Waals surface area contributed by atoms with Crippen molar-refractivity contribution in [3.05, 3.63) is 0 Å². The molecule has 0 amide bonds. The Balaban J connectivity index is 4.26. The fraction of sp³-hybridized carbons (Fsp3) is 1.00. The second-order valence-corrected chi connectivity index (χ2v) is 3.42. The largest absolute Gasteiger partial charge is 0.300 e. The maximum Gasteiger partial charge on any atom is 0.118 e. The van der Waals surface area contributed by atoms with Crippen molar-refractivity contribution in [3.63, 3.8) is 0 Å². The molecule has 64 valence electrons. The van der Waals surface area contributed by atoms with Crippen molar-refractivity contribution in [3.8, 4) is 0 Å². The zero-order valence-corrected chi connectivity index (χ0v) is 8.39. The van der Waals surface area contributed by atoms with Crippen molar-refractivity contribution in [1.82, 2.24) is 9.80 Å². The summed E-state index contributed by atoms with van der Waals surface area (Å²) in [6.07, 6.45) is 2.10. The molecule has 0 spiro atoms. The lowest BCUT2D eigenvalue weighted by Gasteiger charge is -2.43. The van der Waals surface area contributed by atoms with Crippen molar-refractivity contribution in [1.29, 1.82) is 0 Å². The summed E-state index contributed by atoms with van der Waals surface area (Å²) in [5.74, 6) is 0. The van der Waals surface area contributed by atoms with Crippen LogP contribution in [0, 0.1) is 0 Å². The van der Waals surface area contributed by atoms with E-state index >= 15 is 0 Å². The third kappa shape index (κ3) is 2.49. The van der Waals surface area contributed by atoms with E-state index in [0.29, 0.717) is 0 Å². The Morgan fingerprint density at radius 2 is 1.45 bits per heavy atom. The molecule has 0 aliphatic rings. The summed E-state index contributed by atoms with van der Waals surface area (Å²) in [5.41, 5.74) is -0.283. The summed E-state index contributed by atoms with van der Waals surface area (Å²) in [5, 5.41) is 0. The van der Waals surface area contributed by atoms with Gasteiger partial charge in [0.2, 0.25) is 0 Å². The Morgan fingerprint density at radius 1 is 1.09 bits per heavy atom. The van der Waals surface area contributed by atoms with E-state index in [1.54, 1.807) is 0 Å². The van der Waals surface area contributed by atoms with Crippen molar-refractivity contribution in [2.24, 2.45) is 0 Å². The average molecular weight is 154 g/mol. The average Bonchev–Trinajstić information content (AvgIpc) is 1.87. The first-order chi connectivity index (χ1) is 4.95. The molecule has 0 saturated carbocycles. The SMILES string of the molecule is [B]C(CCC)(N(C)C)N(C)C. The molecule has 2 radical (unpaired) electrons. The number of nitrogens with zero attached hydrogens (tertiary/aromatic N) is 2. The van der Waals surface area contributed by atoms with E-state index in [1.807, 2.05) is 28.2 Å². The highest BCUT2D eigenvalue weighted by atomic mass is 15.3. The van der Waals surface area contributed by atoms with Gasteiger partial charge in [0, 0.05) is 5.56 Å². The van der Waals surface area contributed by atoms with E-state index in [-0.39, 0.29) is 5.56 Å². The molecule has 2 nitrogen and oxygen atoms in total. The Bertz CT molecular complexity index is 105. The molecule has 0 aliphatic heterocycles. The maximum absolute atomic E-state index is 6.15. The molecule has 0 aromatic carbocycles. The van der Waals surface area contributed by atoms with Gasteiger partial charge >= 0.3 is 0 Å². The summed E-state index contributed by atoms with van der Waals surface area (Å²) < 4.78 is 0. The molecule has 0 bridgehead atoms. The van der Waals surface area contributed by atoms with Gasteiger partial charge in [0.05, 0.1) is 0 Å². The highest BCUT2D eigenvalue weighted by Crippen LogP contribution is 2.16. The van der Waals surface area contributed by atoms with Crippen LogP contribution in [0.25, 0.3) is 0 Å². The van der Waals surface area contributed by atoms with Crippen LogP contribution in [0.2, 0.25) is 0 Å². The van der Waals surface area contributed by atoms with Gasteiger partial charge in [-0.2, -0.15) is 0 Å². The van der Waals surface area contributed by atoms with Crippen LogP contribution in [0.4, 0.5) is 0 Å². The molecule has 0 fully saturated rings. The highest BCUT2D eigenvalue weighted by Gasteiger charge is 2.26. The lowest BCUT2D eigenvalue weighted by atomic mass is 9.80. The van der Waals surface area contributed by atoms with Gasteiger partial charge in [0.15, 0.2) is 0 Å². The molecule has 0 aromatic rings. The fourth-order valence-corrected chi connectivity index (χ4v) is 1.22. The van der Waals surface area contributed by atoms with Gasteiger partial charge in [-0.25, -0.2) is 0 Å². The van der Waals surface area contributed by atoms with Crippen LogP contribution in [0.15, 0.2) is 0 Å². The molecule has 0 N–H and O–H groups in total. The molecule has 0 aromatic heterocycles. The molecule has 0 heterocycles. The zero-order valence-electron chi connectivity index (χ0n) is 8.39. The Hall–Kier alpha value is -0.0151. The first-order valence-electron chi connectivity index (χ1n) is 4.09. The van der Waals surface area contributed by atoms with Crippen LogP contribution in [-0.2, 0) is 0 Å². The molecule has 11 heavy (non-hydrogen) atoms. The van der Waals surface area contributed by atoms with Gasteiger partial charge in [0.25, 0.3) is 0 Å². The number of hydrogen-bond donors (Lipinski definition) is 0.